The standard InChI is InChI=1S/C14H10BrCl3/c15-11(8-9-3-1-4-10(16)7-9)14-12(17)5-2-6-13(14)18/h1-7,11H,8H2. The summed E-state index contributed by atoms with van der Waals surface area (Å²) in [5.41, 5.74) is 2.06. The second-order valence-corrected chi connectivity index (χ2v) is 6.29. The second kappa shape index (κ2) is 6.29. The normalized spacial score (nSPS) is 12.4. The third kappa shape index (κ3) is 3.42. The maximum Gasteiger partial charge on any atom is 0.0465 e. The molecular weight excluding hydrogens is 354 g/mol. The van der Waals surface area contributed by atoms with Crippen LogP contribution in [0.15, 0.2) is 42.5 Å². The zero-order valence-electron chi connectivity index (χ0n) is 9.34. The lowest BCUT2D eigenvalue weighted by Crippen LogP contribution is -1.97. The summed E-state index contributed by atoms with van der Waals surface area (Å²) in [5.74, 6) is 0. The molecule has 18 heavy (non-hydrogen) atoms. The first-order chi connectivity index (χ1) is 8.58. The SMILES string of the molecule is Clc1cccc(CC(Br)c2c(Cl)cccc2Cl)c1. The lowest BCUT2D eigenvalue weighted by Gasteiger charge is -2.14. The van der Waals surface area contributed by atoms with Gasteiger partial charge in [0.1, 0.15) is 0 Å². The molecule has 4 heteroatoms. The van der Waals surface area contributed by atoms with Gasteiger partial charge in [0.2, 0.25) is 0 Å². The zero-order valence-corrected chi connectivity index (χ0v) is 13.2. The molecule has 0 aliphatic rings. The van der Waals surface area contributed by atoms with Gasteiger partial charge in [0.25, 0.3) is 0 Å². The van der Waals surface area contributed by atoms with Crippen molar-refractivity contribution >= 4 is 50.7 Å². The maximum absolute atomic E-state index is 6.18. The summed E-state index contributed by atoms with van der Waals surface area (Å²) < 4.78 is 0. The van der Waals surface area contributed by atoms with Crippen molar-refractivity contribution < 1.29 is 0 Å². The molecule has 0 bridgehead atoms. The van der Waals surface area contributed by atoms with E-state index in [0.29, 0.717) is 10.0 Å². The van der Waals surface area contributed by atoms with Crippen molar-refractivity contribution in [2.24, 2.45) is 0 Å². The Kier molecular flexibility index (Phi) is 4.97. The Hall–Kier alpha value is -0.210. The largest absolute Gasteiger partial charge is 0.0843 e. The smallest absolute Gasteiger partial charge is 0.0465 e. The van der Waals surface area contributed by atoms with Crippen molar-refractivity contribution in [1.29, 1.82) is 0 Å². The molecule has 2 aromatic carbocycles. The van der Waals surface area contributed by atoms with E-state index >= 15 is 0 Å². The van der Waals surface area contributed by atoms with Crippen LogP contribution in [0, 0.1) is 0 Å². The molecule has 2 aromatic rings. The molecule has 0 N–H and O–H groups in total. The third-order valence-electron chi connectivity index (χ3n) is 2.62. The zero-order chi connectivity index (χ0) is 13.1. The topological polar surface area (TPSA) is 0 Å². The monoisotopic (exact) mass is 362 g/mol. The van der Waals surface area contributed by atoms with Crippen LogP contribution in [0.5, 0.6) is 0 Å². The summed E-state index contributed by atoms with van der Waals surface area (Å²) in [7, 11) is 0. The van der Waals surface area contributed by atoms with Crippen molar-refractivity contribution in [3.63, 3.8) is 0 Å². The number of benzene rings is 2. The molecule has 0 amide bonds. The first-order valence-electron chi connectivity index (χ1n) is 5.40. The summed E-state index contributed by atoms with van der Waals surface area (Å²) in [4.78, 5) is 0.0668. The Labute approximate surface area is 130 Å². The summed E-state index contributed by atoms with van der Waals surface area (Å²) in [6.07, 6.45) is 0.782. The Bertz CT molecular complexity index is 534. The number of halogens is 4. The fourth-order valence-electron chi connectivity index (χ4n) is 1.78. The van der Waals surface area contributed by atoms with Gasteiger partial charge in [0, 0.05) is 25.5 Å². The minimum absolute atomic E-state index is 0.0668. The van der Waals surface area contributed by atoms with E-state index in [4.69, 9.17) is 34.8 Å². The highest BCUT2D eigenvalue weighted by Crippen LogP contribution is 2.37. The van der Waals surface area contributed by atoms with Crippen molar-refractivity contribution in [2.45, 2.75) is 11.2 Å². The van der Waals surface area contributed by atoms with Gasteiger partial charge in [0.05, 0.1) is 0 Å². The van der Waals surface area contributed by atoms with Crippen molar-refractivity contribution in [1.82, 2.24) is 0 Å². The molecule has 0 saturated carbocycles. The molecule has 0 fully saturated rings. The minimum atomic E-state index is 0.0668. The third-order valence-corrected chi connectivity index (χ3v) is 4.29. The van der Waals surface area contributed by atoms with E-state index in [9.17, 15) is 0 Å². The van der Waals surface area contributed by atoms with Crippen molar-refractivity contribution in [3.8, 4) is 0 Å². The average Bonchev–Trinajstić information content (AvgIpc) is 2.28. The van der Waals surface area contributed by atoms with E-state index in [1.807, 2.05) is 42.5 Å². The summed E-state index contributed by atoms with van der Waals surface area (Å²) >= 11 is 22.0. The summed E-state index contributed by atoms with van der Waals surface area (Å²) in [6.45, 7) is 0. The van der Waals surface area contributed by atoms with Crippen LogP contribution in [-0.2, 0) is 6.42 Å². The fraction of sp³-hybridized carbons (Fsp3) is 0.143. The molecule has 2 rings (SSSR count). The van der Waals surface area contributed by atoms with Crippen molar-refractivity contribution in [2.75, 3.05) is 0 Å². The molecule has 94 valence electrons. The van der Waals surface area contributed by atoms with Gasteiger partial charge in [-0.2, -0.15) is 0 Å². The number of alkyl halides is 1. The summed E-state index contributed by atoms with van der Waals surface area (Å²) in [5, 5.41) is 2.08. The van der Waals surface area contributed by atoms with E-state index in [1.54, 1.807) is 0 Å². The van der Waals surface area contributed by atoms with Crippen LogP contribution in [0.3, 0.4) is 0 Å². The van der Waals surface area contributed by atoms with Gasteiger partial charge in [0.15, 0.2) is 0 Å². The molecule has 1 atom stereocenters. The molecule has 0 spiro atoms. The van der Waals surface area contributed by atoms with Gasteiger partial charge in [-0.25, -0.2) is 0 Å². The number of hydrogen-bond acceptors (Lipinski definition) is 0. The van der Waals surface area contributed by atoms with Crippen LogP contribution in [0.2, 0.25) is 15.1 Å². The predicted octanol–water partition coefficient (Wildman–Crippen LogP) is 6.33. The van der Waals surface area contributed by atoms with Crippen LogP contribution in [0.4, 0.5) is 0 Å². The molecule has 0 aromatic heterocycles. The Morgan fingerprint density at radius 1 is 0.944 bits per heavy atom. The van der Waals surface area contributed by atoms with Crippen molar-refractivity contribution in [3.05, 3.63) is 68.7 Å². The van der Waals surface area contributed by atoms with E-state index in [-0.39, 0.29) is 4.83 Å². The molecule has 0 radical (unpaired) electrons. The fourth-order valence-corrected chi connectivity index (χ4v) is 3.79. The Balaban J connectivity index is 2.25. The molecule has 1 unspecified atom stereocenters. The highest BCUT2D eigenvalue weighted by molar-refractivity contribution is 9.09. The number of hydrogen-bond donors (Lipinski definition) is 0. The summed E-state index contributed by atoms with van der Waals surface area (Å²) in [6, 6.07) is 13.3. The van der Waals surface area contributed by atoms with Gasteiger partial charge in [-0.1, -0.05) is 68.9 Å². The number of rotatable bonds is 3. The van der Waals surface area contributed by atoms with Crippen LogP contribution >= 0.6 is 50.7 Å². The highest BCUT2D eigenvalue weighted by Gasteiger charge is 2.15. The maximum atomic E-state index is 6.18. The average molecular weight is 364 g/mol. The lowest BCUT2D eigenvalue weighted by atomic mass is 10.0. The molecular formula is C14H10BrCl3. The van der Waals surface area contributed by atoms with E-state index in [1.165, 1.54) is 0 Å². The Morgan fingerprint density at radius 2 is 1.56 bits per heavy atom. The van der Waals surface area contributed by atoms with Gasteiger partial charge in [-0.3, -0.25) is 0 Å². The minimum Gasteiger partial charge on any atom is -0.0843 e. The lowest BCUT2D eigenvalue weighted by molar-refractivity contribution is 0.949. The molecule has 0 nitrogen and oxygen atoms in total. The van der Waals surface area contributed by atoms with Crippen LogP contribution < -0.4 is 0 Å². The first kappa shape index (κ1) is 14.2. The van der Waals surface area contributed by atoms with E-state index in [0.717, 1.165) is 22.6 Å². The highest BCUT2D eigenvalue weighted by atomic mass is 79.9. The first-order valence-corrected chi connectivity index (χ1v) is 7.45. The van der Waals surface area contributed by atoms with Gasteiger partial charge in [-0.15, -0.1) is 0 Å². The molecule has 0 saturated heterocycles. The van der Waals surface area contributed by atoms with Crippen LogP contribution in [0.1, 0.15) is 16.0 Å². The molecule has 0 heterocycles. The van der Waals surface area contributed by atoms with E-state index in [2.05, 4.69) is 15.9 Å². The predicted molar refractivity (Wildman–Crippen MR) is 83.3 cm³/mol. The molecule has 0 aliphatic carbocycles. The van der Waals surface area contributed by atoms with Crippen LogP contribution in [0.25, 0.3) is 0 Å². The second-order valence-electron chi connectivity index (χ2n) is 3.94. The van der Waals surface area contributed by atoms with Gasteiger partial charge < -0.3 is 0 Å². The van der Waals surface area contributed by atoms with Crippen LogP contribution in [-0.4, -0.2) is 0 Å². The Morgan fingerprint density at radius 3 is 2.17 bits per heavy atom. The quantitative estimate of drug-likeness (QED) is 0.559. The van der Waals surface area contributed by atoms with Gasteiger partial charge in [-0.05, 0) is 36.2 Å². The molecule has 0 aliphatic heterocycles. The van der Waals surface area contributed by atoms with E-state index < -0.39 is 0 Å². The van der Waals surface area contributed by atoms with Gasteiger partial charge >= 0.3 is 0 Å².